The predicted octanol–water partition coefficient (Wildman–Crippen LogP) is 3.23. The summed E-state index contributed by atoms with van der Waals surface area (Å²) in [5.41, 5.74) is 1.86. The third-order valence-corrected chi connectivity index (χ3v) is 4.40. The molecule has 1 saturated carbocycles. The molecule has 1 fully saturated rings. The molecule has 2 amide bonds. The summed E-state index contributed by atoms with van der Waals surface area (Å²) < 4.78 is 0. The van der Waals surface area contributed by atoms with Gasteiger partial charge in [-0.05, 0) is 18.1 Å². The third kappa shape index (κ3) is 4.03. The first-order valence-corrected chi connectivity index (χ1v) is 8.04. The zero-order chi connectivity index (χ0) is 16.2. The number of hydrogen-bond donors (Lipinski definition) is 3. The van der Waals surface area contributed by atoms with Gasteiger partial charge in [-0.25, -0.2) is 4.79 Å². The van der Waals surface area contributed by atoms with Crippen molar-refractivity contribution in [2.24, 2.45) is 0 Å². The monoisotopic (exact) mass is 330 g/mol. The van der Waals surface area contributed by atoms with Gasteiger partial charge in [0.1, 0.15) is 0 Å². The van der Waals surface area contributed by atoms with Gasteiger partial charge in [0.2, 0.25) is 0 Å². The highest BCUT2D eigenvalue weighted by Gasteiger charge is 2.39. The maximum atomic E-state index is 11.9. The van der Waals surface area contributed by atoms with Crippen molar-refractivity contribution >= 4 is 17.6 Å². The van der Waals surface area contributed by atoms with Crippen molar-refractivity contribution < 1.29 is 9.90 Å². The topological polar surface area (TPSA) is 61.4 Å². The fraction of sp³-hybridized carbons (Fsp3) is 0.278. The molecule has 3 rings (SSSR count). The van der Waals surface area contributed by atoms with Gasteiger partial charge in [0.15, 0.2) is 0 Å². The first-order chi connectivity index (χ1) is 11.1. The number of aliphatic hydroxyl groups excluding tert-OH is 1. The summed E-state index contributed by atoms with van der Waals surface area (Å²) in [6, 6.07) is 17.1. The van der Waals surface area contributed by atoms with Gasteiger partial charge in [-0.3, -0.25) is 0 Å². The molecule has 2 aromatic rings. The maximum absolute atomic E-state index is 11.9. The summed E-state index contributed by atoms with van der Waals surface area (Å²) in [7, 11) is 0. The molecule has 0 heterocycles. The lowest BCUT2D eigenvalue weighted by atomic mass is 10.1. The van der Waals surface area contributed by atoms with Crippen LogP contribution in [0.1, 0.15) is 29.6 Å². The molecule has 3 atom stereocenters. The molecule has 3 N–H and O–H groups in total. The number of benzene rings is 2. The van der Waals surface area contributed by atoms with Crippen molar-refractivity contribution in [3.63, 3.8) is 0 Å². The van der Waals surface area contributed by atoms with Crippen LogP contribution in [-0.2, 0) is 0 Å². The zero-order valence-electron chi connectivity index (χ0n) is 12.6. The minimum atomic E-state index is -0.821. The number of halogens is 1. The predicted molar refractivity (Wildman–Crippen MR) is 90.5 cm³/mol. The standard InChI is InChI=1S/C18H19ClN2O2/c19-15-9-5-4-8-13(15)17(22)11-20-18(23)21-16-10-14(16)12-6-2-1-3-7-12/h1-9,14,16-17,22H,10-11H2,(H2,20,21,23). The Bertz CT molecular complexity index is 678. The van der Waals surface area contributed by atoms with Crippen LogP contribution in [0, 0.1) is 0 Å². The van der Waals surface area contributed by atoms with Crippen LogP contribution in [0.15, 0.2) is 54.6 Å². The van der Waals surface area contributed by atoms with E-state index >= 15 is 0 Å². The van der Waals surface area contributed by atoms with Gasteiger partial charge in [-0.15, -0.1) is 0 Å². The van der Waals surface area contributed by atoms with Crippen molar-refractivity contribution in [1.29, 1.82) is 0 Å². The Morgan fingerprint density at radius 1 is 1.17 bits per heavy atom. The van der Waals surface area contributed by atoms with Crippen molar-refractivity contribution in [3.8, 4) is 0 Å². The van der Waals surface area contributed by atoms with Gasteiger partial charge in [-0.1, -0.05) is 60.1 Å². The van der Waals surface area contributed by atoms with E-state index in [2.05, 4.69) is 22.8 Å². The van der Waals surface area contributed by atoms with Crippen LogP contribution in [0.25, 0.3) is 0 Å². The summed E-state index contributed by atoms with van der Waals surface area (Å²) in [6.07, 6.45) is 0.128. The highest BCUT2D eigenvalue weighted by molar-refractivity contribution is 6.31. The Kier molecular flexibility index (Phi) is 4.84. The van der Waals surface area contributed by atoms with Gasteiger partial charge in [0.05, 0.1) is 6.10 Å². The lowest BCUT2D eigenvalue weighted by Crippen LogP contribution is -2.39. The highest BCUT2D eigenvalue weighted by Crippen LogP contribution is 2.40. The SMILES string of the molecule is O=C(NCC(O)c1ccccc1Cl)NC1CC1c1ccccc1. The molecule has 120 valence electrons. The summed E-state index contributed by atoms with van der Waals surface area (Å²) in [6.45, 7) is 0.123. The Morgan fingerprint density at radius 3 is 2.61 bits per heavy atom. The van der Waals surface area contributed by atoms with E-state index in [1.807, 2.05) is 18.2 Å². The van der Waals surface area contributed by atoms with Crippen LogP contribution in [-0.4, -0.2) is 23.7 Å². The van der Waals surface area contributed by atoms with E-state index in [4.69, 9.17) is 11.6 Å². The summed E-state index contributed by atoms with van der Waals surface area (Å²) in [5, 5.41) is 16.2. The van der Waals surface area contributed by atoms with Gasteiger partial charge in [0.25, 0.3) is 0 Å². The number of nitrogens with one attached hydrogen (secondary N) is 2. The molecule has 0 radical (unpaired) electrons. The first-order valence-electron chi connectivity index (χ1n) is 7.67. The number of hydrogen-bond acceptors (Lipinski definition) is 2. The average molecular weight is 331 g/mol. The zero-order valence-corrected chi connectivity index (χ0v) is 13.3. The number of carbonyl (C=O) groups is 1. The first kappa shape index (κ1) is 15.8. The minimum Gasteiger partial charge on any atom is -0.387 e. The normalized spacial score (nSPS) is 20.6. The van der Waals surface area contributed by atoms with Crippen LogP contribution in [0.4, 0.5) is 4.79 Å². The van der Waals surface area contributed by atoms with Crippen LogP contribution >= 0.6 is 11.6 Å². The fourth-order valence-corrected chi connectivity index (χ4v) is 2.95. The smallest absolute Gasteiger partial charge is 0.315 e. The van der Waals surface area contributed by atoms with E-state index in [0.29, 0.717) is 16.5 Å². The summed E-state index contributed by atoms with van der Waals surface area (Å²) >= 11 is 6.03. The molecular weight excluding hydrogens is 312 g/mol. The third-order valence-electron chi connectivity index (χ3n) is 4.05. The Labute approximate surface area is 140 Å². The van der Waals surface area contributed by atoms with Gasteiger partial charge < -0.3 is 15.7 Å². The largest absolute Gasteiger partial charge is 0.387 e. The lowest BCUT2D eigenvalue weighted by Gasteiger charge is -2.14. The number of carbonyl (C=O) groups excluding carboxylic acids is 1. The van der Waals surface area contributed by atoms with Gasteiger partial charge in [0, 0.05) is 29.1 Å². The second kappa shape index (κ2) is 7.02. The number of amides is 2. The maximum Gasteiger partial charge on any atom is 0.315 e. The van der Waals surface area contributed by atoms with Gasteiger partial charge >= 0.3 is 6.03 Å². The Morgan fingerprint density at radius 2 is 1.87 bits per heavy atom. The van der Waals surface area contributed by atoms with E-state index in [9.17, 15) is 9.90 Å². The molecule has 2 aromatic carbocycles. The molecule has 5 heteroatoms. The summed E-state index contributed by atoms with van der Waals surface area (Å²) in [5.74, 6) is 0.385. The molecule has 3 unspecified atom stereocenters. The second-order valence-corrected chi connectivity index (χ2v) is 6.16. The number of aliphatic hydroxyl groups is 1. The van der Waals surface area contributed by atoms with Crippen LogP contribution in [0.2, 0.25) is 5.02 Å². The Hall–Kier alpha value is -2.04. The van der Waals surface area contributed by atoms with E-state index in [-0.39, 0.29) is 18.6 Å². The van der Waals surface area contributed by atoms with E-state index in [1.54, 1.807) is 24.3 Å². The number of urea groups is 1. The molecule has 23 heavy (non-hydrogen) atoms. The van der Waals surface area contributed by atoms with E-state index < -0.39 is 6.10 Å². The Balaban J connectivity index is 1.45. The van der Waals surface area contributed by atoms with Crippen molar-refractivity contribution in [3.05, 3.63) is 70.7 Å². The van der Waals surface area contributed by atoms with E-state index in [0.717, 1.165) is 6.42 Å². The molecular formula is C18H19ClN2O2. The minimum absolute atomic E-state index is 0.123. The molecule has 0 saturated heterocycles. The highest BCUT2D eigenvalue weighted by atomic mass is 35.5. The van der Waals surface area contributed by atoms with Crippen molar-refractivity contribution in [1.82, 2.24) is 10.6 Å². The van der Waals surface area contributed by atoms with Crippen molar-refractivity contribution in [2.75, 3.05) is 6.54 Å². The second-order valence-electron chi connectivity index (χ2n) is 5.75. The molecule has 0 aliphatic heterocycles. The molecule has 0 aromatic heterocycles. The van der Waals surface area contributed by atoms with Crippen molar-refractivity contribution in [2.45, 2.75) is 24.5 Å². The van der Waals surface area contributed by atoms with Crippen LogP contribution in [0.5, 0.6) is 0 Å². The number of rotatable bonds is 5. The quantitative estimate of drug-likeness (QED) is 0.788. The molecule has 1 aliphatic rings. The molecule has 0 bridgehead atoms. The fourth-order valence-electron chi connectivity index (χ4n) is 2.69. The summed E-state index contributed by atoms with van der Waals surface area (Å²) in [4.78, 5) is 11.9. The van der Waals surface area contributed by atoms with Crippen LogP contribution in [0.3, 0.4) is 0 Å². The lowest BCUT2D eigenvalue weighted by molar-refractivity contribution is 0.173. The molecule has 1 aliphatic carbocycles. The van der Waals surface area contributed by atoms with Gasteiger partial charge in [-0.2, -0.15) is 0 Å². The molecule has 4 nitrogen and oxygen atoms in total. The molecule has 0 spiro atoms. The van der Waals surface area contributed by atoms with E-state index in [1.165, 1.54) is 5.56 Å². The van der Waals surface area contributed by atoms with Crippen LogP contribution < -0.4 is 10.6 Å². The average Bonchev–Trinajstić information content (AvgIpc) is 3.33.